The molecule has 0 radical (unpaired) electrons. The van der Waals surface area contributed by atoms with Gasteiger partial charge < -0.3 is 19.1 Å². The summed E-state index contributed by atoms with van der Waals surface area (Å²) >= 11 is 1.41. The van der Waals surface area contributed by atoms with E-state index in [0.29, 0.717) is 52.0 Å². The molecule has 0 saturated carbocycles. The highest BCUT2D eigenvalue weighted by Gasteiger charge is 2.39. The predicted molar refractivity (Wildman–Crippen MR) is 207 cm³/mol. The van der Waals surface area contributed by atoms with E-state index in [2.05, 4.69) is 20.2 Å². The number of ether oxygens (including phenoxy) is 3. The van der Waals surface area contributed by atoms with Crippen LogP contribution in [0.1, 0.15) is 37.5 Å². The van der Waals surface area contributed by atoms with E-state index in [-0.39, 0.29) is 35.7 Å². The molecule has 0 spiro atoms. The van der Waals surface area contributed by atoms with E-state index in [1.54, 1.807) is 25.3 Å². The maximum Gasteiger partial charge on any atom is 0.410 e. The molecule has 13 nitrogen and oxygen atoms in total. The van der Waals surface area contributed by atoms with Crippen LogP contribution in [0.5, 0.6) is 11.5 Å². The van der Waals surface area contributed by atoms with E-state index in [4.69, 9.17) is 14.2 Å². The van der Waals surface area contributed by atoms with Crippen LogP contribution >= 0.6 is 11.8 Å². The van der Waals surface area contributed by atoms with E-state index in [9.17, 15) is 4.79 Å². The van der Waals surface area contributed by atoms with Gasteiger partial charge in [-0.25, -0.2) is 23.2 Å². The SMILES string of the molecule is COc1ccc(CN(Cc2ccc(OC)cc2)S(=O)(=O)c2c(SC3CN(C(=O)OC(C)(C)C)C3)ccc(-c3cnc4ccccn34)c2C2=NCN=N2)cc1. The van der Waals surface area contributed by atoms with Crippen molar-refractivity contribution >= 4 is 39.4 Å². The van der Waals surface area contributed by atoms with Gasteiger partial charge in [0.15, 0.2) is 12.5 Å². The molecule has 0 unspecified atom stereocenters. The first-order valence-corrected chi connectivity index (χ1v) is 19.7. The van der Waals surface area contributed by atoms with Crippen molar-refractivity contribution in [3.8, 4) is 22.8 Å². The summed E-state index contributed by atoms with van der Waals surface area (Å²) in [5.41, 5.74) is 3.22. The second kappa shape index (κ2) is 15.2. The minimum atomic E-state index is -4.35. The number of rotatable bonds is 12. The Morgan fingerprint density at radius 2 is 1.56 bits per heavy atom. The van der Waals surface area contributed by atoms with Gasteiger partial charge in [0.25, 0.3) is 0 Å². The van der Waals surface area contributed by atoms with E-state index in [1.807, 2.05) is 110 Å². The zero-order valence-electron chi connectivity index (χ0n) is 30.7. The number of nitrogens with zero attached hydrogens (tertiary/aromatic N) is 7. The van der Waals surface area contributed by atoms with E-state index >= 15 is 8.42 Å². The number of hydrogen-bond donors (Lipinski definition) is 0. The summed E-state index contributed by atoms with van der Waals surface area (Å²) in [5, 5.41) is 8.42. The van der Waals surface area contributed by atoms with Gasteiger partial charge in [-0.05, 0) is 74.4 Å². The van der Waals surface area contributed by atoms with Crippen molar-refractivity contribution in [1.29, 1.82) is 0 Å². The van der Waals surface area contributed by atoms with Crippen LogP contribution in [0.2, 0.25) is 0 Å². The maximum atomic E-state index is 15.6. The van der Waals surface area contributed by atoms with Crippen LogP contribution in [0.15, 0.2) is 116 Å². The highest BCUT2D eigenvalue weighted by Crippen LogP contribution is 2.42. The van der Waals surface area contributed by atoms with Crippen molar-refractivity contribution in [2.45, 2.75) is 54.5 Å². The van der Waals surface area contributed by atoms with Gasteiger partial charge in [-0.1, -0.05) is 36.4 Å². The van der Waals surface area contributed by atoms with Gasteiger partial charge in [0.2, 0.25) is 10.0 Å². The van der Waals surface area contributed by atoms with Crippen LogP contribution in [-0.2, 0) is 27.8 Å². The number of benzene rings is 3. The summed E-state index contributed by atoms with van der Waals surface area (Å²) in [5.74, 6) is 1.54. The van der Waals surface area contributed by atoms with Gasteiger partial charge in [-0.3, -0.25) is 4.40 Å². The lowest BCUT2D eigenvalue weighted by Gasteiger charge is -2.39. The number of aliphatic imine (C=N–C) groups is 1. The number of carbonyl (C=O) groups is 1. The summed E-state index contributed by atoms with van der Waals surface area (Å²) in [7, 11) is -1.17. The van der Waals surface area contributed by atoms with E-state index < -0.39 is 21.7 Å². The Labute approximate surface area is 318 Å². The van der Waals surface area contributed by atoms with Crippen molar-refractivity contribution in [1.82, 2.24) is 18.6 Å². The van der Waals surface area contributed by atoms with Gasteiger partial charge >= 0.3 is 6.09 Å². The molecule has 15 heteroatoms. The monoisotopic (exact) mass is 767 g/mol. The number of methoxy groups -OCH3 is 2. The molecule has 2 aliphatic heterocycles. The number of sulfonamides is 1. The lowest BCUT2D eigenvalue weighted by Crippen LogP contribution is -2.53. The molecule has 2 aromatic heterocycles. The number of amides is 1. The first kappa shape index (κ1) is 37.1. The third-order valence-electron chi connectivity index (χ3n) is 8.91. The Morgan fingerprint density at radius 1 is 0.907 bits per heavy atom. The number of imidazole rings is 1. The predicted octanol–water partition coefficient (Wildman–Crippen LogP) is 7.29. The topological polar surface area (TPSA) is 140 Å². The molecular weight excluding hydrogens is 727 g/mol. The Hall–Kier alpha value is -5.25. The fraction of sp³-hybridized carbons (Fsp3) is 0.308. The molecule has 0 aliphatic carbocycles. The molecule has 7 rings (SSSR count). The summed E-state index contributed by atoms with van der Waals surface area (Å²) in [6.45, 7) is 6.47. The third-order valence-corrected chi connectivity index (χ3v) is 12.1. The van der Waals surface area contributed by atoms with E-state index in [1.165, 1.54) is 16.1 Å². The molecule has 4 heterocycles. The van der Waals surface area contributed by atoms with Gasteiger partial charge in [0.1, 0.15) is 27.6 Å². The molecule has 0 bridgehead atoms. The number of fused-ring (bicyclic) bond motifs is 1. The summed E-state index contributed by atoms with van der Waals surface area (Å²) < 4.78 is 50.9. The molecule has 2 aliphatic rings. The number of aromatic nitrogens is 2. The summed E-state index contributed by atoms with van der Waals surface area (Å²) in [4.78, 5) is 24.2. The van der Waals surface area contributed by atoms with Crippen LogP contribution in [-0.4, -0.2) is 83.8 Å². The molecular formula is C39H41N7O6S2. The largest absolute Gasteiger partial charge is 0.497 e. The first-order valence-electron chi connectivity index (χ1n) is 17.4. The number of amidine groups is 1. The molecule has 0 atom stereocenters. The second-order valence-corrected chi connectivity index (χ2v) is 17.1. The molecule has 1 fully saturated rings. The maximum absolute atomic E-state index is 15.6. The highest BCUT2D eigenvalue weighted by atomic mass is 32.2. The van der Waals surface area contributed by atoms with Crippen LogP contribution in [0, 0.1) is 0 Å². The Bertz CT molecular complexity index is 2280. The Balaban J connectivity index is 1.37. The normalized spacial score (nSPS) is 14.7. The van der Waals surface area contributed by atoms with Crippen molar-refractivity contribution in [2.24, 2.45) is 15.2 Å². The fourth-order valence-electron chi connectivity index (χ4n) is 6.23. The number of thioether (sulfide) groups is 1. The molecule has 0 N–H and O–H groups in total. The van der Waals surface area contributed by atoms with Crippen LogP contribution in [0.3, 0.4) is 0 Å². The Morgan fingerprint density at radius 3 is 2.13 bits per heavy atom. The van der Waals surface area contributed by atoms with Crippen LogP contribution < -0.4 is 9.47 Å². The number of hydrogen-bond acceptors (Lipinski definition) is 11. The minimum Gasteiger partial charge on any atom is -0.497 e. The van der Waals surface area contributed by atoms with Gasteiger partial charge in [0.05, 0.1) is 31.7 Å². The highest BCUT2D eigenvalue weighted by molar-refractivity contribution is 8.00. The number of pyridine rings is 1. The molecule has 3 aromatic carbocycles. The molecule has 280 valence electrons. The first-order chi connectivity index (χ1) is 25.9. The fourth-order valence-corrected chi connectivity index (χ4v) is 9.59. The van der Waals surface area contributed by atoms with Crippen molar-refractivity contribution in [2.75, 3.05) is 34.0 Å². The standard InChI is InChI=1S/C39H41N7O6S2/c1-39(2,3)52-38(47)44-23-30(24-44)53-33-18-17-31(32-20-40-34-8-6-7-19-46(32)34)35(37-41-25-42-43-37)36(33)54(48,49)45(21-26-9-13-28(50-4)14-10-26)22-27-11-15-29(51-5)16-12-27/h6-20,30H,21-25H2,1-5H3. The van der Waals surface area contributed by atoms with Gasteiger partial charge in [-0.15, -0.1) is 16.9 Å². The zero-order valence-corrected chi connectivity index (χ0v) is 32.3. The average Bonchev–Trinajstić information content (AvgIpc) is 3.83. The van der Waals surface area contributed by atoms with Gasteiger partial charge in [0, 0.05) is 48.1 Å². The quantitative estimate of drug-likeness (QED) is 0.129. The average molecular weight is 768 g/mol. The Kier molecular flexibility index (Phi) is 10.5. The van der Waals surface area contributed by atoms with Gasteiger partial charge in [-0.2, -0.15) is 9.42 Å². The van der Waals surface area contributed by atoms with E-state index in [0.717, 1.165) is 11.1 Å². The molecule has 1 amide bonds. The van der Waals surface area contributed by atoms with Crippen molar-refractivity contribution in [3.63, 3.8) is 0 Å². The number of carbonyl (C=O) groups excluding carboxylic acids is 1. The van der Waals surface area contributed by atoms with Crippen LogP contribution in [0.25, 0.3) is 16.9 Å². The summed E-state index contributed by atoms with van der Waals surface area (Å²) in [6, 6.07) is 24.1. The number of likely N-dealkylation sites (tertiary alicyclic amines) is 1. The minimum absolute atomic E-state index is 0.0611. The van der Waals surface area contributed by atoms with Crippen molar-refractivity contribution in [3.05, 3.63) is 108 Å². The molecule has 1 saturated heterocycles. The second-order valence-electron chi connectivity index (χ2n) is 13.8. The smallest absolute Gasteiger partial charge is 0.410 e. The molecule has 5 aromatic rings. The lowest BCUT2D eigenvalue weighted by molar-refractivity contribution is 0.0143. The zero-order chi connectivity index (χ0) is 38.0. The summed E-state index contributed by atoms with van der Waals surface area (Å²) in [6.07, 6.45) is 3.21. The van der Waals surface area contributed by atoms with Crippen molar-refractivity contribution < 1.29 is 27.4 Å². The lowest BCUT2D eigenvalue weighted by atomic mass is 10.0. The van der Waals surface area contributed by atoms with Crippen LogP contribution in [0.4, 0.5) is 4.79 Å². The number of azo groups is 1. The third kappa shape index (κ3) is 7.84. The molecule has 54 heavy (non-hydrogen) atoms.